The highest BCUT2D eigenvalue weighted by molar-refractivity contribution is 7.80. The fourth-order valence-corrected chi connectivity index (χ4v) is 0.974. The molecule has 1 rings (SSSR count). The molecule has 0 saturated carbocycles. The molecule has 0 unspecified atom stereocenters. The quantitative estimate of drug-likeness (QED) is 0.421. The van der Waals surface area contributed by atoms with Crippen LogP contribution in [0.1, 0.15) is 11.1 Å². The third-order valence-corrected chi connectivity index (χ3v) is 1.52. The van der Waals surface area contributed by atoms with Crippen molar-refractivity contribution in [3.63, 3.8) is 0 Å². The van der Waals surface area contributed by atoms with Crippen LogP contribution in [0.15, 0.2) is 29.4 Å². The molecule has 13 heavy (non-hydrogen) atoms. The van der Waals surface area contributed by atoms with Crippen molar-refractivity contribution in [1.29, 1.82) is 0 Å². The van der Waals surface area contributed by atoms with Gasteiger partial charge < -0.3 is 5.73 Å². The number of nitrogens with two attached hydrogens (primary N) is 1. The predicted molar refractivity (Wildman–Crippen MR) is 58.7 cm³/mol. The van der Waals surface area contributed by atoms with Crippen molar-refractivity contribution < 1.29 is 0 Å². The maximum Gasteiger partial charge on any atom is 0.184 e. The van der Waals surface area contributed by atoms with E-state index >= 15 is 0 Å². The second kappa shape index (κ2) is 4.57. The van der Waals surface area contributed by atoms with Crippen molar-refractivity contribution in [1.82, 2.24) is 5.43 Å². The lowest BCUT2D eigenvalue weighted by atomic mass is 10.2. The van der Waals surface area contributed by atoms with Crippen LogP contribution in [0, 0.1) is 6.92 Å². The average Bonchev–Trinajstić information content (AvgIpc) is 2.03. The van der Waals surface area contributed by atoms with Gasteiger partial charge in [-0.05, 0) is 24.7 Å². The molecule has 0 heterocycles. The van der Waals surface area contributed by atoms with Crippen molar-refractivity contribution in [2.45, 2.75) is 6.92 Å². The number of hydrogen-bond acceptors (Lipinski definition) is 2. The van der Waals surface area contributed by atoms with Gasteiger partial charge in [0.25, 0.3) is 0 Å². The minimum absolute atomic E-state index is 0.170. The van der Waals surface area contributed by atoms with E-state index in [9.17, 15) is 0 Å². The van der Waals surface area contributed by atoms with E-state index in [2.05, 4.69) is 22.7 Å². The molecule has 1 aromatic carbocycles. The molecule has 0 amide bonds. The number of hydrazone groups is 1. The summed E-state index contributed by atoms with van der Waals surface area (Å²) >= 11 is 4.59. The summed E-state index contributed by atoms with van der Waals surface area (Å²) in [4.78, 5) is 0. The van der Waals surface area contributed by atoms with E-state index in [4.69, 9.17) is 5.73 Å². The Hall–Kier alpha value is -1.42. The van der Waals surface area contributed by atoms with Crippen LogP contribution in [0.25, 0.3) is 0 Å². The molecule has 4 heteroatoms. The maximum absolute atomic E-state index is 5.19. The number of aryl methyl sites for hydroxylation is 1. The first-order chi connectivity index (χ1) is 6.18. The predicted octanol–water partition coefficient (Wildman–Crippen LogP) is 1.16. The molecule has 3 nitrogen and oxygen atoms in total. The lowest BCUT2D eigenvalue weighted by Gasteiger charge is -1.96. The van der Waals surface area contributed by atoms with Gasteiger partial charge >= 0.3 is 0 Å². The maximum atomic E-state index is 5.19. The first kappa shape index (κ1) is 9.67. The van der Waals surface area contributed by atoms with Gasteiger partial charge in [0.15, 0.2) is 5.11 Å². The SMILES string of the molecule is Cc1cccc(/C=N\NC(N)=S)c1. The largest absolute Gasteiger partial charge is 0.375 e. The molecule has 0 bridgehead atoms. The van der Waals surface area contributed by atoms with Crippen LogP contribution in [0.4, 0.5) is 0 Å². The van der Waals surface area contributed by atoms with E-state index in [0.29, 0.717) is 0 Å². The lowest BCUT2D eigenvalue weighted by Crippen LogP contribution is -2.23. The fourth-order valence-electron chi connectivity index (χ4n) is 0.921. The molecule has 0 aliphatic carbocycles. The summed E-state index contributed by atoms with van der Waals surface area (Å²) in [7, 11) is 0. The van der Waals surface area contributed by atoms with Crippen LogP contribution in [0.2, 0.25) is 0 Å². The standard InChI is InChI=1S/C9H11N3S/c1-7-3-2-4-8(5-7)6-11-12-9(10)13/h2-6H,1H3,(H3,10,12,13)/b11-6-. The van der Waals surface area contributed by atoms with Crippen LogP contribution in [-0.2, 0) is 0 Å². The Labute approximate surface area is 82.6 Å². The zero-order valence-electron chi connectivity index (χ0n) is 7.32. The normalized spacial score (nSPS) is 10.2. The van der Waals surface area contributed by atoms with E-state index in [1.165, 1.54) is 5.56 Å². The number of benzene rings is 1. The summed E-state index contributed by atoms with van der Waals surface area (Å²) in [5.41, 5.74) is 9.90. The van der Waals surface area contributed by atoms with Gasteiger partial charge in [-0.1, -0.05) is 29.8 Å². The molecule has 0 aliphatic heterocycles. The molecule has 0 spiro atoms. The van der Waals surface area contributed by atoms with E-state index in [1.807, 2.05) is 31.2 Å². The summed E-state index contributed by atoms with van der Waals surface area (Å²) in [5, 5.41) is 4.01. The van der Waals surface area contributed by atoms with Gasteiger partial charge in [-0.2, -0.15) is 5.10 Å². The lowest BCUT2D eigenvalue weighted by molar-refractivity contribution is 1.04. The second-order valence-corrected chi connectivity index (χ2v) is 3.09. The van der Waals surface area contributed by atoms with Gasteiger partial charge in [0.1, 0.15) is 0 Å². The van der Waals surface area contributed by atoms with Crippen molar-refractivity contribution in [3.8, 4) is 0 Å². The first-order valence-corrected chi connectivity index (χ1v) is 4.24. The summed E-state index contributed by atoms with van der Waals surface area (Å²) in [6, 6.07) is 7.97. The topological polar surface area (TPSA) is 50.4 Å². The number of hydrogen-bond donors (Lipinski definition) is 2. The van der Waals surface area contributed by atoms with Gasteiger partial charge in [-0.15, -0.1) is 0 Å². The summed E-state index contributed by atoms with van der Waals surface area (Å²) < 4.78 is 0. The Bertz CT molecular complexity index is 333. The Kier molecular flexibility index (Phi) is 3.40. The molecule has 0 saturated heterocycles. The highest BCUT2D eigenvalue weighted by Gasteiger charge is 1.87. The molecule has 0 radical (unpaired) electrons. The highest BCUT2D eigenvalue weighted by atomic mass is 32.1. The molecular weight excluding hydrogens is 182 g/mol. The van der Waals surface area contributed by atoms with E-state index in [0.717, 1.165) is 5.56 Å². The third-order valence-electron chi connectivity index (χ3n) is 1.43. The molecule has 68 valence electrons. The van der Waals surface area contributed by atoms with Crippen molar-refractivity contribution in [2.75, 3.05) is 0 Å². The number of nitrogens with zero attached hydrogens (tertiary/aromatic N) is 1. The third kappa shape index (κ3) is 3.66. The van der Waals surface area contributed by atoms with Crippen LogP contribution >= 0.6 is 12.2 Å². The van der Waals surface area contributed by atoms with Gasteiger partial charge in [0, 0.05) is 0 Å². The highest BCUT2D eigenvalue weighted by Crippen LogP contribution is 2.00. The smallest absolute Gasteiger partial charge is 0.184 e. The van der Waals surface area contributed by atoms with Crippen molar-refractivity contribution in [3.05, 3.63) is 35.4 Å². The average molecular weight is 193 g/mol. The molecular formula is C9H11N3S. The minimum Gasteiger partial charge on any atom is -0.375 e. The van der Waals surface area contributed by atoms with Crippen molar-refractivity contribution >= 4 is 23.5 Å². The molecule has 1 aromatic rings. The fraction of sp³-hybridized carbons (Fsp3) is 0.111. The molecule has 0 atom stereocenters. The molecule has 0 fully saturated rings. The Balaban J connectivity index is 2.63. The Morgan fingerprint density at radius 3 is 3.00 bits per heavy atom. The van der Waals surface area contributed by atoms with Crippen LogP contribution in [0.5, 0.6) is 0 Å². The Morgan fingerprint density at radius 2 is 2.38 bits per heavy atom. The zero-order valence-corrected chi connectivity index (χ0v) is 8.14. The first-order valence-electron chi connectivity index (χ1n) is 3.83. The van der Waals surface area contributed by atoms with Crippen LogP contribution in [-0.4, -0.2) is 11.3 Å². The summed E-state index contributed by atoms with van der Waals surface area (Å²) in [6.07, 6.45) is 1.67. The van der Waals surface area contributed by atoms with E-state index in [1.54, 1.807) is 6.21 Å². The molecule has 0 aliphatic rings. The van der Waals surface area contributed by atoms with Crippen molar-refractivity contribution in [2.24, 2.45) is 10.8 Å². The summed E-state index contributed by atoms with van der Waals surface area (Å²) in [6.45, 7) is 2.03. The van der Waals surface area contributed by atoms with E-state index < -0.39 is 0 Å². The molecule has 0 aromatic heterocycles. The van der Waals surface area contributed by atoms with Gasteiger partial charge in [0.05, 0.1) is 6.21 Å². The summed E-state index contributed by atoms with van der Waals surface area (Å²) in [5.74, 6) is 0. The van der Waals surface area contributed by atoms with Gasteiger partial charge in [-0.3, -0.25) is 5.43 Å². The Morgan fingerprint density at radius 1 is 1.62 bits per heavy atom. The monoisotopic (exact) mass is 193 g/mol. The van der Waals surface area contributed by atoms with E-state index in [-0.39, 0.29) is 5.11 Å². The molecule has 3 N–H and O–H groups in total. The van der Waals surface area contributed by atoms with Gasteiger partial charge in [0.2, 0.25) is 0 Å². The number of nitrogens with one attached hydrogen (secondary N) is 1. The minimum atomic E-state index is 0.170. The number of rotatable bonds is 2. The van der Waals surface area contributed by atoms with Crippen LogP contribution < -0.4 is 11.2 Å². The second-order valence-electron chi connectivity index (χ2n) is 2.65. The van der Waals surface area contributed by atoms with Gasteiger partial charge in [-0.25, -0.2) is 0 Å². The zero-order chi connectivity index (χ0) is 9.68. The number of thiocarbonyl (C=S) groups is 1. The van der Waals surface area contributed by atoms with Crippen LogP contribution in [0.3, 0.4) is 0 Å².